The van der Waals surface area contributed by atoms with Crippen LogP contribution in [0.1, 0.15) is 32.1 Å². The molecule has 6 heteroatoms. The van der Waals surface area contributed by atoms with E-state index in [1.165, 1.54) is 32.1 Å². The van der Waals surface area contributed by atoms with E-state index in [0.717, 1.165) is 72.4 Å². The summed E-state index contributed by atoms with van der Waals surface area (Å²) in [5.74, 6) is 4.78. The number of piperazine rings is 1. The summed E-state index contributed by atoms with van der Waals surface area (Å²) < 4.78 is 5.43. The van der Waals surface area contributed by atoms with E-state index >= 15 is 0 Å². The number of ether oxygens (including phenoxy) is 1. The van der Waals surface area contributed by atoms with Gasteiger partial charge in [0.1, 0.15) is 5.75 Å². The lowest BCUT2D eigenvalue weighted by atomic mass is 9.54. The first-order valence-corrected chi connectivity index (χ1v) is 11.5. The maximum Gasteiger partial charge on any atom is 0.173 e. The zero-order valence-corrected chi connectivity index (χ0v) is 18.1. The molecule has 5 fully saturated rings. The Morgan fingerprint density at radius 3 is 2.29 bits per heavy atom. The molecule has 4 saturated carbocycles. The number of thiocarbonyl (C=S) groups is 1. The second kappa shape index (κ2) is 7.66. The number of nitrogens with one attached hydrogen (secondary N) is 1. The van der Waals surface area contributed by atoms with Gasteiger partial charge in [0.2, 0.25) is 0 Å². The van der Waals surface area contributed by atoms with E-state index in [-0.39, 0.29) is 0 Å². The van der Waals surface area contributed by atoms with Crippen LogP contribution in [0.4, 0.5) is 5.69 Å². The summed E-state index contributed by atoms with van der Waals surface area (Å²) in [7, 11) is 1.67. The van der Waals surface area contributed by atoms with Crippen molar-refractivity contribution in [3.8, 4) is 5.75 Å². The highest BCUT2D eigenvalue weighted by atomic mass is 35.5. The molecule has 4 bridgehead atoms. The Morgan fingerprint density at radius 1 is 1.04 bits per heavy atom. The zero-order chi connectivity index (χ0) is 19.3. The number of rotatable bonds is 3. The standard InChI is InChI=1S/C22H30ClN3OS/c1-27-20-3-2-18(23)13-19(20)24-22(28)26-6-4-25(5-7-26)21-16-9-14-8-15(11-16)12-17(21)10-14/h2-3,13-17,21H,4-12H2,1H3,(H,24,28). The maximum absolute atomic E-state index is 6.15. The summed E-state index contributed by atoms with van der Waals surface area (Å²) in [5, 5.41) is 4.79. The largest absolute Gasteiger partial charge is 0.495 e. The molecule has 0 radical (unpaired) electrons. The second-order valence-electron chi connectivity index (χ2n) is 9.22. The third-order valence-electron chi connectivity index (χ3n) is 7.60. The molecule has 1 aliphatic heterocycles. The second-order valence-corrected chi connectivity index (χ2v) is 10.0. The Morgan fingerprint density at radius 2 is 1.68 bits per heavy atom. The fraction of sp³-hybridized carbons (Fsp3) is 0.682. The van der Waals surface area contributed by atoms with Crippen LogP contribution < -0.4 is 10.1 Å². The Labute approximate surface area is 178 Å². The van der Waals surface area contributed by atoms with Crippen LogP contribution in [-0.4, -0.2) is 54.2 Å². The molecule has 1 heterocycles. The highest BCUT2D eigenvalue weighted by Crippen LogP contribution is 2.55. The average molecular weight is 420 g/mol. The smallest absolute Gasteiger partial charge is 0.173 e. The number of nitrogens with zero attached hydrogens (tertiary/aromatic N) is 2. The predicted octanol–water partition coefficient (Wildman–Crippen LogP) is 4.49. The molecule has 1 aromatic carbocycles. The lowest BCUT2D eigenvalue weighted by Crippen LogP contribution is -2.60. The van der Waals surface area contributed by atoms with Crippen molar-refractivity contribution in [2.45, 2.75) is 38.1 Å². The predicted molar refractivity (Wildman–Crippen MR) is 118 cm³/mol. The van der Waals surface area contributed by atoms with Crippen molar-refractivity contribution in [2.24, 2.45) is 23.7 Å². The van der Waals surface area contributed by atoms with Gasteiger partial charge < -0.3 is 15.0 Å². The minimum atomic E-state index is 0.679. The van der Waals surface area contributed by atoms with Crippen molar-refractivity contribution in [1.82, 2.24) is 9.80 Å². The molecule has 0 amide bonds. The molecule has 1 N–H and O–H groups in total. The van der Waals surface area contributed by atoms with Crippen LogP contribution in [0.25, 0.3) is 0 Å². The molecule has 28 heavy (non-hydrogen) atoms. The van der Waals surface area contributed by atoms with Crippen LogP contribution >= 0.6 is 23.8 Å². The van der Waals surface area contributed by atoms with Gasteiger partial charge in [-0.2, -0.15) is 0 Å². The number of methoxy groups -OCH3 is 1. The SMILES string of the molecule is COc1ccc(Cl)cc1NC(=S)N1CCN(C2C3CC4CC(C3)CC2C4)CC1. The molecule has 5 aliphatic rings. The van der Waals surface area contributed by atoms with Gasteiger partial charge >= 0.3 is 0 Å². The Balaban J connectivity index is 1.19. The molecule has 0 aromatic heterocycles. The number of halogens is 1. The average Bonchev–Trinajstić information content (AvgIpc) is 2.68. The van der Waals surface area contributed by atoms with Crippen molar-refractivity contribution in [3.63, 3.8) is 0 Å². The number of benzene rings is 1. The minimum Gasteiger partial charge on any atom is -0.495 e. The summed E-state index contributed by atoms with van der Waals surface area (Å²) in [5.41, 5.74) is 0.837. The zero-order valence-electron chi connectivity index (χ0n) is 16.6. The molecule has 1 saturated heterocycles. The van der Waals surface area contributed by atoms with E-state index in [9.17, 15) is 0 Å². The number of anilines is 1. The molecule has 6 rings (SSSR count). The molecule has 0 atom stereocenters. The Hall–Kier alpha value is -1.04. The number of hydrogen-bond donors (Lipinski definition) is 1. The molecule has 152 valence electrons. The number of hydrogen-bond acceptors (Lipinski definition) is 3. The van der Waals surface area contributed by atoms with Gasteiger partial charge in [-0.25, -0.2) is 0 Å². The van der Waals surface area contributed by atoms with Crippen molar-refractivity contribution in [3.05, 3.63) is 23.2 Å². The van der Waals surface area contributed by atoms with Crippen molar-refractivity contribution in [1.29, 1.82) is 0 Å². The van der Waals surface area contributed by atoms with Gasteiger partial charge in [0, 0.05) is 37.2 Å². The molecular weight excluding hydrogens is 390 g/mol. The van der Waals surface area contributed by atoms with Crippen LogP contribution in [0.3, 0.4) is 0 Å². The van der Waals surface area contributed by atoms with E-state index in [0.29, 0.717) is 5.02 Å². The topological polar surface area (TPSA) is 27.7 Å². The van der Waals surface area contributed by atoms with Gasteiger partial charge in [-0.3, -0.25) is 4.90 Å². The van der Waals surface area contributed by atoms with Crippen LogP contribution in [0.5, 0.6) is 5.75 Å². The third kappa shape index (κ3) is 3.50. The summed E-state index contributed by atoms with van der Waals surface area (Å²) in [6, 6.07) is 6.41. The molecule has 4 aliphatic carbocycles. The van der Waals surface area contributed by atoms with Crippen LogP contribution in [-0.2, 0) is 0 Å². The molecule has 1 aromatic rings. The van der Waals surface area contributed by atoms with Crippen LogP contribution in [0.15, 0.2) is 18.2 Å². The Kier molecular flexibility index (Phi) is 5.18. The van der Waals surface area contributed by atoms with Gasteiger partial charge in [-0.1, -0.05) is 11.6 Å². The van der Waals surface area contributed by atoms with Crippen molar-refractivity contribution >= 4 is 34.6 Å². The first-order valence-electron chi connectivity index (χ1n) is 10.7. The lowest BCUT2D eigenvalue weighted by Gasteiger charge is -2.58. The van der Waals surface area contributed by atoms with Crippen molar-refractivity contribution in [2.75, 3.05) is 38.6 Å². The fourth-order valence-corrected chi connectivity index (χ4v) is 7.15. The summed E-state index contributed by atoms with van der Waals surface area (Å²) >= 11 is 11.9. The van der Waals surface area contributed by atoms with E-state index in [1.807, 2.05) is 18.2 Å². The van der Waals surface area contributed by atoms with Gasteiger partial charge in [0.05, 0.1) is 12.8 Å². The van der Waals surface area contributed by atoms with E-state index in [1.54, 1.807) is 7.11 Å². The minimum absolute atomic E-state index is 0.679. The van der Waals surface area contributed by atoms with Crippen LogP contribution in [0.2, 0.25) is 5.02 Å². The van der Waals surface area contributed by atoms with Gasteiger partial charge in [-0.15, -0.1) is 0 Å². The molecule has 0 spiro atoms. The summed E-state index contributed by atoms with van der Waals surface area (Å²) in [6.07, 6.45) is 7.50. The van der Waals surface area contributed by atoms with Gasteiger partial charge in [0.25, 0.3) is 0 Å². The highest BCUT2D eigenvalue weighted by Gasteiger charge is 2.50. The first-order chi connectivity index (χ1) is 13.6. The fourth-order valence-electron chi connectivity index (χ4n) is 6.69. The normalized spacial score (nSPS) is 34.5. The lowest BCUT2D eigenvalue weighted by molar-refractivity contribution is -0.0726. The first kappa shape index (κ1) is 19.0. The molecular formula is C22H30ClN3OS. The highest BCUT2D eigenvalue weighted by molar-refractivity contribution is 7.80. The van der Waals surface area contributed by atoms with Crippen molar-refractivity contribution < 1.29 is 4.74 Å². The van der Waals surface area contributed by atoms with Crippen LogP contribution in [0, 0.1) is 23.7 Å². The monoisotopic (exact) mass is 419 g/mol. The maximum atomic E-state index is 6.15. The van der Waals surface area contributed by atoms with E-state index < -0.39 is 0 Å². The van der Waals surface area contributed by atoms with E-state index in [2.05, 4.69) is 15.1 Å². The summed E-state index contributed by atoms with van der Waals surface area (Å²) in [4.78, 5) is 5.09. The quantitative estimate of drug-likeness (QED) is 0.729. The Bertz CT molecular complexity index is 721. The molecule has 0 unspecified atom stereocenters. The third-order valence-corrected chi connectivity index (χ3v) is 8.20. The van der Waals surface area contributed by atoms with Gasteiger partial charge in [-0.05, 0) is 86.2 Å². The van der Waals surface area contributed by atoms with E-state index in [4.69, 9.17) is 28.6 Å². The summed E-state index contributed by atoms with van der Waals surface area (Å²) in [6.45, 7) is 4.25. The van der Waals surface area contributed by atoms with Gasteiger partial charge in [0.15, 0.2) is 5.11 Å². The molecule has 4 nitrogen and oxygen atoms in total.